The highest BCUT2D eigenvalue weighted by Crippen LogP contribution is 2.20. The number of aromatic nitrogens is 4. The summed E-state index contributed by atoms with van der Waals surface area (Å²) in [5, 5.41) is 10.6. The van der Waals surface area contributed by atoms with Crippen molar-refractivity contribution < 1.29 is 13.9 Å². The normalized spacial score (nSPS) is 12.2. The third-order valence-corrected chi connectivity index (χ3v) is 4.48. The number of carbonyl (C=O) groups excluding carboxylic acids is 1. The van der Waals surface area contributed by atoms with Gasteiger partial charge in [0, 0.05) is 0 Å². The van der Waals surface area contributed by atoms with Crippen molar-refractivity contribution in [3.05, 3.63) is 69.9 Å². The summed E-state index contributed by atoms with van der Waals surface area (Å²) in [6, 6.07) is 10.8. The van der Waals surface area contributed by atoms with Crippen molar-refractivity contribution in [2.24, 2.45) is 0 Å². The lowest BCUT2D eigenvalue weighted by Crippen LogP contribution is -2.28. The second kappa shape index (κ2) is 6.76. The molecule has 0 radical (unpaired) electrons. The Bertz CT molecular complexity index is 1260. The van der Waals surface area contributed by atoms with Crippen LogP contribution in [-0.2, 0) is 0 Å². The lowest BCUT2D eigenvalue weighted by atomic mass is 10.1. The number of carbonyl (C=O) groups is 1. The van der Waals surface area contributed by atoms with Crippen molar-refractivity contribution in [2.45, 2.75) is 13.0 Å². The summed E-state index contributed by atoms with van der Waals surface area (Å²) in [5.41, 5.74) is 0.834. The Morgan fingerprint density at radius 2 is 2.11 bits per heavy atom. The van der Waals surface area contributed by atoms with Crippen LogP contribution < -0.4 is 15.6 Å². The third-order valence-electron chi connectivity index (χ3n) is 4.48. The van der Waals surface area contributed by atoms with Crippen LogP contribution >= 0.6 is 0 Å². The molecule has 2 heterocycles. The molecule has 0 aliphatic carbocycles. The van der Waals surface area contributed by atoms with E-state index in [-0.39, 0.29) is 22.8 Å². The number of benzene rings is 2. The molecule has 0 aliphatic heterocycles. The molecule has 2 N–H and O–H groups in total. The van der Waals surface area contributed by atoms with Gasteiger partial charge in [0.15, 0.2) is 11.2 Å². The SMILES string of the molecule is COc1cccc([C@@H](C)NC(=O)c2nnn3c2c(=O)[nH]c2cc(F)ccc23)c1. The zero-order valence-corrected chi connectivity index (χ0v) is 15.1. The van der Waals surface area contributed by atoms with E-state index in [2.05, 4.69) is 20.6 Å². The van der Waals surface area contributed by atoms with E-state index in [1.54, 1.807) is 20.1 Å². The largest absolute Gasteiger partial charge is 0.497 e. The van der Waals surface area contributed by atoms with E-state index in [4.69, 9.17) is 4.74 Å². The van der Waals surface area contributed by atoms with Crippen LogP contribution in [0.3, 0.4) is 0 Å². The summed E-state index contributed by atoms with van der Waals surface area (Å²) in [7, 11) is 1.56. The number of hydrogen-bond acceptors (Lipinski definition) is 5. The van der Waals surface area contributed by atoms with E-state index in [9.17, 15) is 14.0 Å². The molecule has 2 aromatic heterocycles. The number of nitrogens with one attached hydrogen (secondary N) is 2. The molecule has 28 heavy (non-hydrogen) atoms. The summed E-state index contributed by atoms with van der Waals surface area (Å²) in [4.78, 5) is 27.7. The zero-order valence-electron chi connectivity index (χ0n) is 15.1. The predicted molar refractivity (Wildman–Crippen MR) is 99.9 cm³/mol. The number of methoxy groups -OCH3 is 1. The number of amides is 1. The molecule has 0 unspecified atom stereocenters. The van der Waals surface area contributed by atoms with Gasteiger partial charge in [0.25, 0.3) is 11.5 Å². The summed E-state index contributed by atoms with van der Waals surface area (Å²) in [5.74, 6) is -0.368. The van der Waals surface area contributed by atoms with Crippen LogP contribution in [0.25, 0.3) is 16.6 Å². The topological polar surface area (TPSA) is 101 Å². The van der Waals surface area contributed by atoms with Gasteiger partial charge in [0.1, 0.15) is 11.6 Å². The highest BCUT2D eigenvalue weighted by molar-refractivity contribution is 5.99. The average molecular weight is 381 g/mol. The van der Waals surface area contributed by atoms with Gasteiger partial charge >= 0.3 is 0 Å². The number of nitrogens with zero attached hydrogens (tertiary/aromatic N) is 3. The lowest BCUT2D eigenvalue weighted by molar-refractivity contribution is 0.0936. The van der Waals surface area contributed by atoms with E-state index in [1.807, 2.05) is 18.2 Å². The molecule has 4 aromatic rings. The predicted octanol–water partition coefficient (Wildman–Crippen LogP) is 2.21. The van der Waals surface area contributed by atoms with Gasteiger partial charge in [-0.15, -0.1) is 5.10 Å². The van der Waals surface area contributed by atoms with E-state index in [0.29, 0.717) is 11.3 Å². The molecule has 0 saturated carbocycles. The molecule has 4 rings (SSSR count). The maximum absolute atomic E-state index is 13.4. The maximum Gasteiger partial charge on any atom is 0.277 e. The number of H-pyrrole nitrogens is 1. The Hall–Kier alpha value is -3.75. The zero-order chi connectivity index (χ0) is 19.8. The number of fused-ring (bicyclic) bond motifs is 3. The Kier molecular flexibility index (Phi) is 4.26. The maximum atomic E-state index is 13.4. The summed E-state index contributed by atoms with van der Waals surface area (Å²) in [6.07, 6.45) is 0. The molecule has 0 saturated heterocycles. The molecule has 1 atom stereocenters. The van der Waals surface area contributed by atoms with Crippen molar-refractivity contribution in [2.75, 3.05) is 7.11 Å². The van der Waals surface area contributed by atoms with Gasteiger partial charge < -0.3 is 15.0 Å². The van der Waals surface area contributed by atoms with Gasteiger partial charge in [-0.1, -0.05) is 17.3 Å². The van der Waals surface area contributed by atoms with Gasteiger partial charge in [0.2, 0.25) is 0 Å². The van der Waals surface area contributed by atoms with Crippen LogP contribution in [0, 0.1) is 5.82 Å². The van der Waals surface area contributed by atoms with E-state index in [1.165, 1.54) is 22.7 Å². The first-order valence-electron chi connectivity index (χ1n) is 8.49. The fraction of sp³-hybridized carbons (Fsp3) is 0.158. The molecule has 0 fully saturated rings. The molecule has 8 nitrogen and oxygen atoms in total. The fourth-order valence-electron chi connectivity index (χ4n) is 3.04. The summed E-state index contributed by atoms with van der Waals surface area (Å²) in [6.45, 7) is 1.81. The molecular formula is C19H16FN5O3. The van der Waals surface area contributed by atoms with E-state index < -0.39 is 17.3 Å². The van der Waals surface area contributed by atoms with Crippen LogP contribution in [0.1, 0.15) is 29.0 Å². The first-order valence-corrected chi connectivity index (χ1v) is 8.49. The Balaban J connectivity index is 1.71. The Labute approximate surface area is 157 Å². The number of halogens is 1. The molecule has 0 aliphatic rings. The molecule has 9 heteroatoms. The average Bonchev–Trinajstić information content (AvgIpc) is 3.14. The van der Waals surface area contributed by atoms with Crippen molar-refractivity contribution >= 4 is 22.5 Å². The number of aromatic amines is 1. The van der Waals surface area contributed by atoms with Crippen LogP contribution in [0.15, 0.2) is 47.3 Å². The molecule has 0 spiro atoms. The molecule has 142 valence electrons. The van der Waals surface area contributed by atoms with Crippen molar-refractivity contribution in [1.82, 2.24) is 25.1 Å². The summed E-state index contributed by atoms with van der Waals surface area (Å²) < 4.78 is 19.8. The van der Waals surface area contributed by atoms with Crippen molar-refractivity contribution in [1.29, 1.82) is 0 Å². The van der Waals surface area contributed by atoms with Crippen molar-refractivity contribution in [3.8, 4) is 5.75 Å². The van der Waals surface area contributed by atoms with Gasteiger partial charge in [-0.2, -0.15) is 0 Å². The molecule has 0 bridgehead atoms. The van der Waals surface area contributed by atoms with E-state index >= 15 is 0 Å². The van der Waals surface area contributed by atoms with Gasteiger partial charge in [-0.3, -0.25) is 9.59 Å². The summed E-state index contributed by atoms with van der Waals surface area (Å²) >= 11 is 0. The minimum Gasteiger partial charge on any atom is -0.497 e. The fourth-order valence-corrected chi connectivity index (χ4v) is 3.04. The van der Waals surface area contributed by atoms with Crippen LogP contribution in [-0.4, -0.2) is 32.8 Å². The number of hydrogen-bond donors (Lipinski definition) is 2. The number of ether oxygens (including phenoxy) is 1. The first-order chi connectivity index (χ1) is 13.5. The smallest absolute Gasteiger partial charge is 0.277 e. The van der Waals surface area contributed by atoms with Crippen LogP contribution in [0.4, 0.5) is 4.39 Å². The van der Waals surface area contributed by atoms with E-state index in [0.717, 1.165) is 5.56 Å². The quantitative estimate of drug-likeness (QED) is 0.564. The van der Waals surface area contributed by atoms with Crippen LogP contribution in [0.2, 0.25) is 0 Å². The second-order valence-electron chi connectivity index (χ2n) is 6.29. The molecular weight excluding hydrogens is 365 g/mol. The minimum atomic E-state index is -0.581. The minimum absolute atomic E-state index is 0.00514. The van der Waals surface area contributed by atoms with Gasteiger partial charge in [0.05, 0.1) is 24.2 Å². The van der Waals surface area contributed by atoms with Gasteiger partial charge in [-0.05, 0) is 42.8 Å². The Morgan fingerprint density at radius 1 is 1.29 bits per heavy atom. The molecule has 2 aromatic carbocycles. The third kappa shape index (κ3) is 2.96. The molecule has 1 amide bonds. The monoisotopic (exact) mass is 381 g/mol. The van der Waals surface area contributed by atoms with Crippen LogP contribution in [0.5, 0.6) is 5.75 Å². The number of rotatable bonds is 4. The second-order valence-corrected chi connectivity index (χ2v) is 6.29. The van der Waals surface area contributed by atoms with Gasteiger partial charge in [-0.25, -0.2) is 8.91 Å². The highest BCUT2D eigenvalue weighted by atomic mass is 19.1. The highest BCUT2D eigenvalue weighted by Gasteiger charge is 2.21. The Morgan fingerprint density at radius 3 is 2.89 bits per heavy atom. The first kappa shape index (κ1) is 17.7. The standard InChI is InChI=1S/C19H16FN5O3/c1-10(11-4-3-5-13(8-11)28-2)21-18(26)16-17-19(27)22-14-9-12(20)6-7-15(14)25(17)24-23-16/h3-10H,1-2H3,(H,21,26)(H,22,27)/t10-/m1/s1. The lowest BCUT2D eigenvalue weighted by Gasteiger charge is -2.14. The van der Waals surface area contributed by atoms with Crippen molar-refractivity contribution in [3.63, 3.8) is 0 Å².